The van der Waals surface area contributed by atoms with E-state index in [0.29, 0.717) is 19.3 Å². The van der Waals surface area contributed by atoms with Crippen LogP contribution >= 0.6 is 0 Å². The Balaban J connectivity index is 1.37. The maximum Gasteiger partial charge on any atom is 0.187 e. The van der Waals surface area contributed by atoms with Crippen LogP contribution in [0.25, 0.3) is 0 Å². The Morgan fingerprint density at radius 2 is 1.19 bits per heavy atom. The van der Waals surface area contributed by atoms with Crippen LogP contribution in [0, 0.1) is 11.3 Å². The number of rotatable bonds is 12. The Labute approximate surface area is 278 Å². The molecule has 10 N–H and O–H groups in total. The van der Waals surface area contributed by atoms with E-state index >= 15 is 0 Å². The Morgan fingerprint density at radius 3 is 1.69 bits per heavy atom. The van der Waals surface area contributed by atoms with E-state index in [1.807, 2.05) is 20.8 Å². The van der Waals surface area contributed by atoms with Crippen LogP contribution in [0.4, 0.5) is 0 Å². The molecule has 0 aromatic rings. The largest absolute Gasteiger partial charge is 0.394 e. The van der Waals surface area contributed by atoms with Crippen LogP contribution in [0.3, 0.4) is 0 Å². The van der Waals surface area contributed by atoms with Gasteiger partial charge in [-0.1, -0.05) is 19.4 Å². The molecule has 0 aromatic carbocycles. The van der Waals surface area contributed by atoms with Gasteiger partial charge in [0.1, 0.15) is 73.2 Å². The third kappa shape index (κ3) is 8.45. The molecular formula is C31H52O17. The summed E-state index contributed by atoms with van der Waals surface area (Å²) in [6.07, 6.45) is -21.6. The van der Waals surface area contributed by atoms with Gasteiger partial charge in [0, 0.05) is 6.42 Å². The highest BCUT2D eigenvalue weighted by Crippen LogP contribution is 2.42. The third-order valence-corrected chi connectivity index (χ3v) is 9.81. The average Bonchev–Trinajstić information content (AvgIpc) is 3.02. The molecule has 0 bridgehead atoms. The second-order valence-electron chi connectivity index (χ2n) is 13.9. The summed E-state index contributed by atoms with van der Waals surface area (Å²) in [5.74, 6) is 0.223. The van der Waals surface area contributed by atoms with Crippen molar-refractivity contribution in [1.82, 2.24) is 0 Å². The Hall–Kier alpha value is -1.23. The number of allylic oxidation sites excluding steroid dienone is 2. The molecular weight excluding hydrogens is 644 g/mol. The number of hydrogen-bond acceptors (Lipinski definition) is 17. The van der Waals surface area contributed by atoms with E-state index in [-0.39, 0.29) is 17.1 Å². The van der Waals surface area contributed by atoms with Gasteiger partial charge in [-0.05, 0) is 44.1 Å². The normalized spacial score (nSPS) is 45.9. The van der Waals surface area contributed by atoms with E-state index in [9.17, 15) is 55.9 Å². The van der Waals surface area contributed by atoms with Crippen LogP contribution in [0.1, 0.15) is 47.0 Å². The Morgan fingerprint density at radius 1 is 0.729 bits per heavy atom. The standard InChI is InChI=1S/C31H52O17/c1-12-7-14(35)8-31(3,4)15(12)6-5-13(2)43-28-24(41)21(38)26(17(10-33)45-28)48-30-25(42)22(39)27(18(11-34)46-30)47-29-23(40)20(37)19(36)16(9-32)44-29/h7,13,15-30,32-34,36-42H,5-6,8-11H2,1-4H3/t13-,15-,16+,17+,18+,19+,20-,21-,22+,23+,24+,25+,26+,27+,28+,29-,30-/m0/s1. The van der Waals surface area contributed by atoms with Crippen molar-refractivity contribution >= 4 is 5.78 Å². The number of ketones is 1. The van der Waals surface area contributed by atoms with Crippen LogP contribution in [0.5, 0.6) is 0 Å². The fourth-order valence-electron chi connectivity index (χ4n) is 7.07. The van der Waals surface area contributed by atoms with Crippen molar-refractivity contribution in [1.29, 1.82) is 0 Å². The molecule has 0 radical (unpaired) electrons. The molecule has 0 amide bonds. The SMILES string of the molecule is CC1=CC(=O)CC(C)(C)[C@H]1CC[C@H](C)O[C@@H]1O[C@H](CO)[C@@H](O[C@@H]2O[C@H](CO)[C@@H](O[C@@H]3O[C@H](CO)[C@@H](O)[C@H](O)[C@H]3O)[C@H](O)[C@H]2O)[C@@H](O)[C@H]1O. The van der Waals surface area contributed by atoms with Gasteiger partial charge in [0.2, 0.25) is 0 Å². The van der Waals surface area contributed by atoms with Crippen LogP contribution in [-0.4, -0.2) is 175 Å². The summed E-state index contributed by atoms with van der Waals surface area (Å²) in [6, 6.07) is 0. The van der Waals surface area contributed by atoms with Gasteiger partial charge in [-0.25, -0.2) is 0 Å². The molecule has 3 heterocycles. The summed E-state index contributed by atoms with van der Waals surface area (Å²) >= 11 is 0. The molecule has 3 saturated heterocycles. The molecule has 0 spiro atoms. The van der Waals surface area contributed by atoms with Gasteiger partial charge in [-0.15, -0.1) is 0 Å². The van der Waals surface area contributed by atoms with Gasteiger partial charge < -0.3 is 79.5 Å². The first-order chi connectivity index (χ1) is 22.5. The molecule has 17 heteroatoms. The molecule has 0 unspecified atom stereocenters. The Bertz CT molecular complexity index is 1080. The lowest BCUT2D eigenvalue weighted by Gasteiger charge is -2.48. The van der Waals surface area contributed by atoms with Crippen molar-refractivity contribution in [3.05, 3.63) is 11.6 Å². The van der Waals surface area contributed by atoms with Gasteiger partial charge >= 0.3 is 0 Å². The molecule has 4 rings (SSSR count). The zero-order chi connectivity index (χ0) is 35.7. The van der Waals surface area contributed by atoms with Gasteiger partial charge in [-0.2, -0.15) is 0 Å². The topological polar surface area (TPSA) is 275 Å². The van der Waals surface area contributed by atoms with Crippen molar-refractivity contribution < 1.29 is 84.3 Å². The smallest absolute Gasteiger partial charge is 0.187 e. The molecule has 4 aliphatic rings. The molecule has 3 aliphatic heterocycles. The molecule has 17 nitrogen and oxygen atoms in total. The lowest BCUT2D eigenvalue weighted by atomic mass is 9.66. The van der Waals surface area contributed by atoms with Crippen LogP contribution in [0.2, 0.25) is 0 Å². The van der Waals surface area contributed by atoms with E-state index in [1.165, 1.54) is 0 Å². The van der Waals surface area contributed by atoms with Crippen molar-refractivity contribution in [2.45, 2.75) is 145 Å². The second kappa shape index (κ2) is 16.4. The number of carbonyl (C=O) groups is 1. The van der Waals surface area contributed by atoms with Crippen molar-refractivity contribution in [3.63, 3.8) is 0 Å². The summed E-state index contributed by atoms with van der Waals surface area (Å²) in [5.41, 5.74) is 0.750. The number of carbonyl (C=O) groups excluding carboxylic acids is 1. The van der Waals surface area contributed by atoms with E-state index in [2.05, 4.69) is 0 Å². The molecule has 0 aromatic heterocycles. The highest BCUT2D eigenvalue weighted by atomic mass is 16.8. The second-order valence-corrected chi connectivity index (χ2v) is 13.9. The summed E-state index contributed by atoms with van der Waals surface area (Å²) in [4.78, 5) is 12.0. The van der Waals surface area contributed by atoms with Gasteiger partial charge in [-0.3, -0.25) is 4.79 Å². The minimum atomic E-state index is -1.92. The minimum absolute atomic E-state index is 0.0892. The van der Waals surface area contributed by atoms with E-state index in [1.54, 1.807) is 13.0 Å². The Kier molecular flexibility index (Phi) is 13.5. The van der Waals surface area contributed by atoms with E-state index < -0.39 is 118 Å². The van der Waals surface area contributed by atoms with Crippen LogP contribution in [-0.2, 0) is 33.2 Å². The maximum atomic E-state index is 12.0. The first-order valence-corrected chi connectivity index (χ1v) is 16.3. The van der Waals surface area contributed by atoms with Crippen LogP contribution in [0.15, 0.2) is 11.6 Å². The van der Waals surface area contributed by atoms with Crippen LogP contribution < -0.4 is 0 Å². The monoisotopic (exact) mass is 696 g/mol. The minimum Gasteiger partial charge on any atom is -0.394 e. The number of aliphatic hydroxyl groups is 10. The third-order valence-electron chi connectivity index (χ3n) is 9.81. The van der Waals surface area contributed by atoms with Crippen molar-refractivity contribution in [2.24, 2.45) is 11.3 Å². The fourth-order valence-corrected chi connectivity index (χ4v) is 7.07. The van der Waals surface area contributed by atoms with Gasteiger partial charge in [0.25, 0.3) is 0 Å². The molecule has 17 atom stereocenters. The molecule has 48 heavy (non-hydrogen) atoms. The fraction of sp³-hybridized carbons (Fsp3) is 0.903. The zero-order valence-corrected chi connectivity index (χ0v) is 27.5. The number of hydrogen-bond donors (Lipinski definition) is 10. The highest BCUT2D eigenvalue weighted by Gasteiger charge is 2.53. The van der Waals surface area contributed by atoms with E-state index in [0.717, 1.165) is 5.57 Å². The summed E-state index contributed by atoms with van der Waals surface area (Å²) in [5, 5.41) is 104. The average molecular weight is 697 g/mol. The molecule has 1 aliphatic carbocycles. The highest BCUT2D eigenvalue weighted by molar-refractivity contribution is 5.91. The summed E-state index contributed by atoms with van der Waals surface area (Å²) in [6.45, 7) is 5.49. The maximum absolute atomic E-state index is 12.0. The quantitative estimate of drug-likeness (QED) is 0.0936. The zero-order valence-electron chi connectivity index (χ0n) is 27.5. The van der Waals surface area contributed by atoms with Gasteiger partial charge in [0.15, 0.2) is 24.7 Å². The summed E-state index contributed by atoms with van der Waals surface area (Å²) < 4.78 is 33.8. The number of aliphatic hydroxyl groups excluding tert-OH is 10. The van der Waals surface area contributed by atoms with Crippen molar-refractivity contribution in [3.8, 4) is 0 Å². The lowest BCUT2D eigenvalue weighted by Crippen LogP contribution is -2.66. The lowest BCUT2D eigenvalue weighted by molar-refractivity contribution is -0.380. The van der Waals surface area contributed by atoms with Crippen molar-refractivity contribution in [2.75, 3.05) is 19.8 Å². The molecule has 0 saturated carbocycles. The van der Waals surface area contributed by atoms with Gasteiger partial charge in [0.05, 0.1) is 25.9 Å². The van der Waals surface area contributed by atoms with E-state index in [4.69, 9.17) is 28.4 Å². The predicted octanol–water partition coefficient (Wildman–Crippen LogP) is -3.82. The predicted molar refractivity (Wildman–Crippen MR) is 159 cm³/mol. The molecule has 3 fully saturated rings. The first-order valence-electron chi connectivity index (χ1n) is 16.3. The molecule has 278 valence electrons. The number of ether oxygens (including phenoxy) is 6. The summed E-state index contributed by atoms with van der Waals surface area (Å²) in [7, 11) is 0. The first kappa shape index (κ1) is 39.6.